The summed E-state index contributed by atoms with van der Waals surface area (Å²) in [6, 6.07) is 0. The van der Waals surface area contributed by atoms with Gasteiger partial charge in [-0.05, 0) is 6.42 Å². The Morgan fingerprint density at radius 1 is 1.42 bits per heavy atom. The molecule has 0 bridgehead atoms. The van der Waals surface area contributed by atoms with Gasteiger partial charge in [-0.15, -0.1) is 0 Å². The summed E-state index contributed by atoms with van der Waals surface area (Å²) in [7, 11) is 1.42. The van der Waals surface area contributed by atoms with E-state index in [2.05, 4.69) is 10.1 Å². The summed E-state index contributed by atoms with van der Waals surface area (Å²) >= 11 is 0. The molecule has 110 valence electrons. The Hall–Kier alpha value is -1.35. The summed E-state index contributed by atoms with van der Waals surface area (Å²) in [5.74, 6) is -2.94. The number of ether oxygens (including phenoxy) is 2. The van der Waals surface area contributed by atoms with Gasteiger partial charge in [0.05, 0.1) is 25.2 Å². The van der Waals surface area contributed by atoms with Crippen molar-refractivity contribution in [2.75, 3.05) is 26.8 Å². The average molecular weight is 285 g/mol. The third kappa shape index (κ3) is 4.06. The van der Waals surface area contributed by atoms with Crippen molar-refractivity contribution in [1.82, 2.24) is 5.32 Å². The van der Waals surface area contributed by atoms with Crippen LogP contribution in [0.1, 0.15) is 6.42 Å². The molecular formula is C10H14F3NO5. The molecule has 0 radical (unpaired) electrons. The average Bonchev–Trinajstić information content (AvgIpc) is 2.72. The zero-order valence-electron chi connectivity index (χ0n) is 10.1. The van der Waals surface area contributed by atoms with Crippen molar-refractivity contribution in [3.05, 3.63) is 0 Å². The number of carbonyl (C=O) groups excluding carboxylic acids is 1. The molecule has 1 unspecified atom stereocenters. The van der Waals surface area contributed by atoms with Gasteiger partial charge in [-0.25, -0.2) is 4.79 Å². The van der Waals surface area contributed by atoms with Gasteiger partial charge in [-0.3, -0.25) is 4.79 Å². The predicted octanol–water partition coefficient (Wildman–Crippen LogP) is 0.171. The van der Waals surface area contributed by atoms with Gasteiger partial charge in [0.2, 0.25) is 0 Å². The van der Waals surface area contributed by atoms with Crippen LogP contribution < -0.4 is 5.32 Å². The minimum atomic E-state index is -5.08. The maximum absolute atomic E-state index is 11.1. The minimum Gasteiger partial charge on any atom is -0.475 e. The van der Waals surface area contributed by atoms with Crippen LogP contribution in [0, 0.1) is 5.92 Å². The Labute approximate surface area is 106 Å². The van der Waals surface area contributed by atoms with Crippen LogP contribution in [-0.4, -0.2) is 55.6 Å². The molecule has 2 N–H and O–H groups in total. The normalized spacial score (nSPS) is 24.1. The quantitative estimate of drug-likeness (QED) is 0.668. The molecule has 0 aliphatic carbocycles. The second kappa shape index (κ2) is 5.74. The molecule has 0 aromatic carbocycles. The van der Waals surface area contributed by atoms with Crippen LogP contribution in [0.5, 0.6) is 0 Å². The first kappa shape index (κ1) is 15.7. The largest absolute Gasteiger partial charge is 0.490 e. The highest BCUT2D eigenvalue weighted by atomic mass is 19.4. The van der Waals surface area contributed by atoms with Crippen LogP contribution in [-0.2, 0) is 19.1 Å². The topological polar surface area (TPSA) is 84.9 Å². The van der Waals surface area contributed by atoms with Gasteiger partial charge in [-0.1, -0.05) is 0 Å². The molecule has 1 spiro atoms. The molecule has 0 amide bonds. The summed E-state index contributed by atoms with van der Waals surface area (Å²) in [6.45, 7) is 2.27. The molecule has 2 aliphatic heterocycles. The fraction of sp³-hybridized carbons (Fsp3) is 0.800. The van der Waals surface area contributed by atoms with Crippen molar-refractivity contribution < 1.29 is 37.3 Å². The van der Waals surface area contributed by atoms with Crippen LogP contribution in [0.25, 0.3) is 0 Å². The zero-order valence-corrected chi connectivity index (χ0v) is 10.1. The van der Waals surface area contributed by atoms with Crippen molar-refractivity contribution in [3.8, 4) is 0 Å². The summed E-state index contributed by atoms with van der Waals surface area (Å²) in [5.41, 5.74) is -0.0428. The van der Waals surface area contributed by atoms with E-state index in [0.717, 1.165) is 19.5 Å². The number of carboxylic acids is 1. The molecule has 2 rings (SSSR count). The lowest BCUT2D eigenvalue weighted by molar-refractivity contribution is -0.192. The van der Waals surface area contributed by atoms with Gasteiger partial charge in [0, 0.05) is 13.1 Å². The molecule has 19 heavy (non-hydrogen) atoms. The van der Waals surface area contributed by atoms with E-state index >= 15 is 0 Å². The van der Waals surface area contributed by atoms with Crippen LogP contribution >= 0.6 is 0 Å². The van der Waals surface area contributed by atoms with Crippen LogP contribution in [0.15, 0.2) is 0 Å². The molecule has 0 aromatic rings. The van der Waals surface area contributed by atoms with E-state index in [1.54, 1.807) is 0 Å². The van der Waals surface area contributed by atoms with Gasteiger partial charge < -0.3 is 19.9 Å². The van der Waals surface area contributed by atoms with Crippen molar-refractivity contribution >= 4 is 11.9 Å². The lowest BCUT2D eigenvalue weighted by atomic mass is 9.89. The first-order valence-corrected chi connectivity index (χ1v) is 5.43. The predicted molar refractivity (Wildman–Crippen MR) is 55.4 cm³/mol. The van der Waals surface area contributed by atoms with Crippen molar-refractivity contribution in [3.63, 3.8) is 0 Å². The van der Waals surface area contributed by atoms with E-state index in [4.69, 9.17) is 14.6 Å². The Morgan fingerprint density at radius 3 is 2.21 bits per heavy atom. The Bertz CT molecular complexity index is 354. The maximum Gasteiger partial charge on any atom is 0.490 e. The third-order valence-electron chi connectivity index (χ3n) is 2.88. The number of esters is 1. The summed E-state index contributed by atoms with van der Waals surface area (Å²) in [4.78, 5) is 20.0. The van der Waals surface area contributed by atoms with Gasteiger partial charge >= 0.3 is 18.1 Å². The first-order valence-electron chi connectivity index (χ1n) is 5.43. The van der Waals surface area contributed by atoms with E-state index in [-0.39, 0.29) is 17.5 Å². The van der Waals surface area contributed by atoms with Gasteiger partial charge in [-0.2, -0.15) is 13.2 Å². The highest BCUT2D eigenvalue weighted by Crippen LogP contribution is 2.33. The number of aliphatic carboxylic acids is 1. The fourth-order valence-corrected chi connectivity index (χ4v) is 1.81. The van der Waals surface area contributed by atoms with E-state index in [1.807, 2.05) is 0 Å². The van der Waals surface area contributed by atoms with E-state index < -0.39 is 12.1 Å². The van der Waals surface area contributed by atoms with E-state index in [0.29, 0.717) is 6.61 Å². The number of rotatable bonds is 1. The zero-order chi connectivity index (χ0) is 14.7. The van der Waals surface area contributed by atoms with Gasteiger partial charge in [0.25, 0.3) is 0 Å². The molecule has 0 aromatic heterocycles. The highest BCUT2D eigenvalue weighted by Gasteiger charge is 2.47. The number of nitrogens with one attached hydrogen (secondary N) is 1. The number of hydrogen-bond acceptors (Lipinski definition) is 5. The van der Waals surface area contributed by atoms with E-state index in [1.165, 1.54) is 7.11 Å². The molecule has 2 fully saturated rings. The monoisotopic (exact) mass is 285 g/mol. The van der Waals surface area contributed by atoms with Crippen LogP contribution in [0.4, 0.5) is 13.2 Å². The number of hydrogen-bond donors (Lipinski definition) is 2. The second-order valence-electron chi connectivity index (χ2n) is 4.32. The SMILES string of the molecule is COC(=O)C1COC2(CNC2)C1.O=C(O)C(F)(F)F. The van der Waals surface area contributed by atoms with Crippen LogP contribution in [0.3, 0.4) is 0 Å². The van der Waals surface area contributed by atoms with Crippen molar-refractivity contribution in [2.24, 2.45) is 5.92 Å². The molecule has 2 heterocycles. The summed E-state index contributed by atoms with van der Waals surface area (Å²) in [5, 5.41) is 10.3. The van der Waals surface area contributed by atoms with E-state index in [9.17, 15) is 18.0 Å². The number of carbonyl (C=O) groups is 2. The maximum atomic E-state index is 11.1. The molecule has 2 saturated heterocycles. The Kier molecular flexibility index (Phi) is 4.75. The van der Waals surface area contributed by atoms with Crippen molar-refractivity contribution in [1.29, 1.82) is 0 Å². The third-order valence-corrected chi connectivity index (χ3v) is 2.88. The lowest BCUT2D eigenvalue weighted by Crippen LogP contribution is -2.59. The summed E-state index contributed by atoms with van der Waals surface area (Å²) in [6.07, 6.45) is -4.27. The summed E-state index contributed by atoms with van der Waals surface area (Å²) < 4.78 is 41.9. The molecule has 1 atom stereocenters. The standard InChI is InChI=1S/C8H13NO3.C2HF3O2/c1-11-7(10)6-2-8(12-3-6)4-9-5-8;3-2(4,5)1(6)7/h6,9H,2-5H2,1H3;(H,6,7). The van der Waals surface area contributed by atoms with Gasteiger partial charge in [0.15, 0.2) is 0 Å². The highest BCUT2D eigenvalue weighted by molar-refractivity contribution is 5.73. The minimum absolute atomic E-state index is 0.0428. The van der Waals surface area contributed by atoms with Gasteiger partial charge in [0.1, 0.15) is 0 Å². The Balaban J connectivity index is 0.000000224. The number of methoxy groups -OCH3 is 1. The molecule has 6 nitrogen and oxygen atoms in total. The second-order valence-corrected chi connectivity index (χ2v) is 4.32. The molecule has 0 saturated carbocycles. The van der Waals surface area contributed by atoms with Crippen LogP contribution in [0.2, 0.25) is 0 Å². The molecule has 2 aliphatic rings. The lowest BCUT2D eigenvalue weighted by Gasteiger charge is -2.38. The molecular weight excluding hydrogens is 271 g/mol. The number of halogens is 3. The Morgan fingerprint density at radius 2 is 1.95 bits per heavy atom. The molecule has 9 heteroatoms. The fourth-order valence-electron chi connectivity index (χ4n) is 1.81. The smallest absolute Gasteiger partial charge is 0.475 e. The van der Waals surface area contributed by atoms with Crippen molar-refractivity contribution in [2.45, 2.75) is 18.2 Å². The number of alkyl halides is 3. The first-order chi connectivity index (χ1) is 8.70. The number of carboxylic acid groups (broad SMARTS) is 1.